The molecule has 0 bridgehead atoms. The summed E-state index contributed by atoms with van der Waals surface area (Å²) >= 11 is 16.6. The van der Waals surface area contributed by atoms with Gasteiger partial charge in [0.25, 0.3) is 0 Å². The largest absolute Gasteiger partial charge is 0.323 e. The molecule has 1 amide bonds. The van der Waals surface area contributed by atoms with Crippen LogP contribution in [0.3, 0.4) is 0 Å². The van der Waals surface area contributed by atoms with Crippen LogP contribution in [0.1, 0.15) is 0 Å². The molecule has 0 aliphatic rings. The third-order valence-corrected chi connectivity index (χ3v) is 4.32. The number of amides is 1. The molecule has 1 N–H and O–H groups in total. The van der Waals surface area contributed by atoms with Crippen molar-refractivity contribution in [1.29, 1.82) is 0 Å². The maximum Gasteiger partial charge on any atom is 0.234 e. The van der Waals surface area contributed by atoms with Crippen LogP contribution < -0.4 is 5.32 Å². The Labute approximate surface area is 139 Å². The first-order chi connectivity index (χ1) is 9.56. The number of benzene rings is 1. The van der Waals surface area contributed by atoms with Crippen LogP contribution in [-0.4, -0.2) is 16.6 Å². The molecule has 20 heavy (non-hydrogen) atoms. The number of hydrogen-bond acceptors (Lipinski definition) is 3. The minimum atomic E-state index is -0.185. The zero-order valence-corrected chi connectivity index (χ0v) is 14.0. The first-order valence-electron chi connectivity index (χ1n) is 5.54. The van der Waals surface area contributed by atoms with E-state index in [1.807, 2.05) is 12.1 Å². The normalized spacial score (nSPS) is 10.3. The van der Waals surface area contributed by atoms with Gasteiger partial charge in [0, 0.05) is 10.7 Å². The second kappa shape index (κ2) is 7.31. The summed E-state index contributed by atoms with van der Waals surface area (Å²) in [6, 6.07) is 8.78. The molecule has 0 saturated heterocycles. The first-order valence-corrected chi connectivity index (χ1v) is 8.08. The highest BCUT2D eigenvalue weighted by atomic mass is 79.9. The summed E-state index contributed by atoms with van der Waals surface area (Å²) in [6.45, 7) is 0. The van der Waals surface area contributed by atoms with Crippen molar-refractivity contribution in [2.45, 2.75) is 5.03 Å². The lowest BCUT2D eigenvalue weighted by Gasteiger charge is -2.08. The molecule has 3 nitrogen and oxygen atoms in total. The smallest absolute Gasteiger partial charge is 0.234 e. The Morgan fingerprint density at radius 2 is 1.95 bits per heavy atom. The molecule has 0 spiro atoms. The van der Waals surface area contributed by atoms with E-state index in [0.29, 0.717) is 15.7 Å². The zero-order chi connectivity index (χ0) is 14.5. The molecule has 2 rings (SSSR count). The summed E-state index contributed by atoms with van der Waals surface area (Å²) in [5.41, 5.74) is 0.435. The number of anilines is 1. The van der Waals surface area contributed by atoms with Gasteiger partial charge in [-0.3, -0.25) is 4.79 Å². The predicted octanol–water partition coefficient (Wildman–Crippen LogP) is 4.88. The van der Waals surface area contributed by atoms with Crippen LogP contribution in [0, 0.1) is 0 Å². The number of nitrogens with one attached hydrogen (secondary N) is 1. The monoisotopic (exact) mass is 390 g/mol. The van der Waals surface area contributed by atoms with E-state index in [9.17, 15) is 4.79 Å². The minimum absolute atomic E-state index is 0.185. The molecular formula is C13H9BrCl2N2OS. The van der Waals surface area contributed by atoms with Crippen molar-refractivity contribution >= 4 is 62.5 Å². The number of pyridine rings is 1. The van der Waals surface area contributed by atoms with Gasteiger partial charge in [-0.1, -0.05) is 41.0 Å². The average Bonchev–Trinajstić information content (AvgIpc) is 2.42. The summed E-state index contributed by atoms with van der Waals surface area (Å²) in [4.78, 5) is 16.0. The number of nitrogens with zero attached hydrogens (tertiary/aromatic N) is 1. The number of rotatable bonds is 4. The van der Waals surface area contributed by atoms with Gasteiger partial charge in [-0.15, -0.1) is 0 Å². The quantitative estimate of drug-likeness (QED) is 0.755. The Balaban J connectivity index is 1.94. The third kappa shape index (κ3) is 4.38. The van der Waals surface area contributed by atoms with Gasteiger partial charge in [-0.05, 0) is 40.2 Å². The fraction of sp³-hybridized carbons (Fsp3) is 0.0769. The number of hydrogen-bond donors (Lipinski definition) is 1. The van der Waals surface area contributed by atoms with E-state index >= 15 is 0 Å². The number of halogens is 3. The van der Waals surface area contributed by atoms with Crippen molar-refractivity contribution in [3.63, 3.8) is 0 Å². The zero-order valence-electron chi connectivity index (χ0n) is 10.1. The van der Waals surface area contributed by atoms with Gasteiger partial charge in [-0.25, -0.2) is 4.98 Å². The SMILES string of the molecule is O=C(CSc1ccc(Br)cn1)Nc1c(Cl)cccc1Cl. The Bertz CT molecular complexity index is 602. The summed E-state index contributed by atoms with van der Waals surface area (Å²) in [7, 11) is 0. The van der Waals surface area contributed by atoms with Crippen LogP contribution >= 0.6 is 50.9 Å². The van der Waals surface area contributed by atoms with Crippen LogP contribution in [-0.2, 0) is 4.79 Å². The van der Waals surface area contributed by atoms with Crippen molar-refractivity contribution < 1.29 is 4.79 Å². The number of thioether (sulfide) groups is 1. The maximum absolute atomic E-state index is 11.9. The van der Waals surface area contributed by atoms with Crippen LogP contribution in [0.5, 0.6) is 0 Å². The molecule has 0 aliphatic heterocycles. The Kier molecular flexibility index (Phi) is 5.72. The second-order valence-electron chi connectivity index (χ2n) is 3.75. The molecule has 1 aromatic carbocycles. The number of para-hydroxylation sites is 1. The van der Waals surface area contributed by atoms with Crippen molar-refractivity contribution in [3.05, 3.63) is 51.0 Å². The average molecular weight is 392 g/mol. The Morgan fingerprint density at radius 1 is 1.25 bits per heavy atom. The molecule has 1 aromatic heterocycles. The van der Waals surface area contributed by atoms with Crippen LogP contribution in [0.4, 0.5) is 5.69 Å². The summed E-state index contributed by atoms with van der Waals surface area (Å²) in [6.07, 6.45) is 1.69. The van der Waals surface area contributed by atoms with E-state index < -0.39 is 0 Å². The molecule has 0 atom stereocenters. The van der Waals surface area contributed by atoms with Gasteiger partial charge in [-0.2, -0.15) is 0 Å². The van der Waals surface area contributed by atoms with E-state index in [1.54, 1.807) is 24.4 Å². The summed E-state index contributed by atoms with van der Waals surface area (Å²) in [5, 5.41) is 4.30. The third-order valence-electron chi connectivity index (χ3n) is 2.28. The molecule has 0 radical (unpaired) electrons. The molecule has 0 aliphatic carbocycles. The fourth-order valence-electron chi connectivity index (χ4n) is 1.38. The molecule has 0 saturated carbocycles. The molecule has 1 heterocycles. The molecule has 104 valence electrons. The predicted molar refractivity (Wildman–Crippen MR) is 87.8 cm³/mol. The van der Waals surface area contributed by atoms with Gasteiger partial charge >= 0.3 is 0 Å². The molecular weight excluding hydrogens is 383 g/mol. The summed E-state index contributed by atoms with van der Waals surface area (Å²) in [5.74, 6) is 0.0469. The minimum Gasteiger partial charge on any atom is -0.323 e. The van der Waals surface area contributed by atoms with E-state index in [4.69, 9.17) is 23.2 Å². The van der Waals surface area contributed by atoms with Gasteiger partial charge in [0.2, 0.25) is 5.91 Å². The van der Waals surface area contributed by atoms with Crippen LogP contribution in [0.25, 0.3) is 0 Å². The van der Waals surface area contributed by atoms with E-state index in [0.717, 1.165) is 9.50 Å². The highest BCUT2D eigenvalue weighted by molar-refractivity contribution is 9.10. The topological polar surface area (TPSA) is 42.0 Å². The van der Waals surface area contributed by atoms with E-state index in [1.165, 1.54) is 11.8 Å². The van der Waals surface area contributed by atoms with E-state index in [-0.39, 0.29) is 11.7 Å². The van der Waals surface area contributed by atoms with Crippen molar-refractivity contribution in [1.82, 2.24) is 4.98 Å². The number of carbonyl (C=O) groups is 1. The van der Waals surface area contributed by atoms with Crippen molar-refractivity contribution in [2.24, 2.45) is 0 Å². The molecule has 2 aromatic rings. The fourth-order valence-corrected chi connectivity index (χ4v) is 2.75. The lowest BCUT2D eigenvalue weighted by Crippen LogP contribution is -2.14. The standard InChI is InChI=1S/C13H9BrCl2N2OS/c14-8-4-5-12(17-6-8)20-7-11(19)18-13-9(15)2-1-3-10(13)16/h1-6H,7H2,(H,18,19). The lowest BCUT2D eigenvalue weighted by atomic mass is 10.3. The molecule has 7 heteroatoms. The van der Waals surface area contributed by atoms with Gasteiger partial charge in [0.1, 0.15) is 0 Å². The lowest BCUT2D eigenvalue weighted by molar-refractivity contribution is -0.113. The van der Waals surface area contributed by atoms with Gasteiger partial charge in [0.05, 0.1) is 26.5 Å². The first kappa shape index (κ1) is 15.6. The Hall–Kier alpha value is -0.750. The molecule has 0 fully saturated rings. The second-order valence-corrected chi connectivity index (χ2v) is 6.47. The molecule has 0 unspecified atom stereocenters. The highest BCUT2D eigenvalue weighted by Gasteiger charge is 2.10. The van der Waals surface area contributed by atoms with Crippen LogP contribution in [0.2, 0.25) is 10.0 Å². The number of carbonyl (C=O) groups excluding carboxylic acids is 1. The Morgan fingerprint density at radius 3 is 2.55 bits per heavy atom. The number of aromatic nitrogens is 1. The highest BCUT2D eigenvalue weighted by Crippen LogP contribution is 2.30. The van der Waals surface area contributed by atoms with Crippen molar-refractivity contribution in [2.75, 3.05) is 11.1 Å². The van der Waals surface area contributed by atoms with E-state index in [2.05, 4.69) is 26.2 Å². The van der Waals surface area contributed by atoms with Gasteiger partial charge < -0.3 is 5.32 Å². The van der Waals surface area contributed by atoms with Gasteiger partial charge in [0.15, 0.2) is 0 Å². The van der Waals surface area contributed by atoms with Crippen LogP contribution in [0.15, 0.2) is 46.0 Å². The summed E-state index contributed by atoms with van der Waals surface area (Å²) < 4.78 is 0.897. The van der Waals surface area contributed by atoms with Crippen molar-refractivity contribution in [3.8, 4) is 0 Å². The maximum atomic E-state index is 11.9.